The zero-order valence-corrected chi connectivity index (χ0v) is 15.5. The van der Waals surface area contributed by atoms with E-state index in [1.54, 1.807) is 6.20 Å². The predicted molar refractivity (Wildman–Crippen MR) is 107 cm³/mol. The van der Waals surface area contributed by atoms with Gasteiger partial charge in [0.05, 0.1) is 11.8 Å². The van der Waals surface area contributed by atoms with Crippen molar-refractivity contribution >= 4 is 16.6 Å². The third-order valence-corrected chi connectivity index (χ3v) is 5.41. The number of H-pyrrole nitrogens is 1. The van der Waals surface area contributed by atoms with Crippen LogP contribution in [0.25, 0.3) is 39.1 Å². The normalized spacial score (nSPS) is 16.9. The number of fused-ring (bicyclic) bond motifs is 1. The van der Waals surface area contributed by atoms with E-state index in [0.29, 0.717) is 22.5 Å². The maximum atomic E-state index is 14.4. The van der Waals surface area contributed by atoms with Gasteiger partial charge in [0, 0.05) is 34.9 Å². The molecule has 1 aliphatic rings. The molecule has 1 aromatic carbocycles. The molecular formula is C22H18F2N4O. The number of hydrogen-bond acceptors (Lipinski definition) is 4. The lowest BCUT2D eigenvalue weighted by Crippen LogP contribution is -2.21. The van der Waals surface area contributed by atoms with Crippen LogP contribution in [0.2, 0.25) is 0 Å². The predicted octanol–water partition coefficient (Wildman–Crippen LogP) is 5.06. The summed E-state index contributed by atoms with van der Waals surface area (Å²) in [6.45, 7) is 0. The summed E-state index contributed by atoms with van der Waals surface area (Å²) in [6.07, 6.45) is 9.82. The van der Waals surface area contributed by atoms with Crippen molar-refractivity contribution in [3.63, 3.8) is 0 Å². The molecule has 3 heterocycles. The number of nitrogens with two attached hydrogens (primary N) is 1. The second kappa shape index (κ2) is 6.93. The number of pyridine rings is 1. The summed E-state index contributed by atoms with van der Waals surface area (Å²) in [6, 6.07) is 6.28. The molecule has 146 valence electrons. The number of halogens is 2. The summed E-state index contributed by atoms with van der Waals surface area (Å²) in [5.74, 6) is -1.49. The molecule has 3 N–H and O–H groups in total. The van der Waals surface area contributed by atoms with Crippen LogP contribution in [0.5, 0.6) is 0 Å². The van der Waals surface area contributed by atoms with Gasteiger partial charge < -0.3 is 15.2 Å². The second-order valence-corrected chi connectivity index (χ2v) is 7.26. The molecule has 0 saturated carbocycles. The van der Waals surface area contributed by atoms with E-state index < -0.39 is 11.6 Å². The molecule has 5 nitrogen and oxygen atoms in total. The van der Waals surface area contributed by atoms with Crippen molar-refractivity contribution in [3.8, 4) is 22.5 Å². The Kier molecular flexibility index (Phi) is 4.24. The van der Waals surface area contributed by atoms with Crippen molar-refractivity contribution in [2.75, 3.05) is 0 Å². The van der Waals surface area contributed by atoms with Crippen LogP contribution in [0.4, 0.5) is 8.78 Å². The van der Waals surface area contributed by atoms with Gasteiger partial charge in [0.15, 0.2) is 17.4 Å². The van der Waals surface area contributed by atoms with E-state index >= 15 is 0 Å². The molecule has 3 aromatic heterocycles. The van der Waals surface area contributed by atoms with Crippen LogP contribution >= 0.6 is 0 Å². The Labute approximate surface area is 165 Å². The Bertz CT molecular complexity index is 1240. The summed E-state index contributed by atoms with van der Waals surface area (Å²) in [7, 11) is 0. The standard InChI is InChI=1S/C22H18F2N4O/c23-19-3-1-2-15(20(19)24)18-11-28-29-21(18)17-10-27-22-16(17)8-13(9-26-22)12-4-6-14(25)7-5-12/h1-4,8-11,14H,5-7,25H2,(H,26,27). The summed E-state index contributed by atoms with van der Waals surface area (Å²) < 4.78 is 33.5. The first kappa shape index (κ1) is 17.8. The SMILES string of the molecule is NC1CC=C(c2cnc3[nH]cc(-c4oncc4-c4cccc(F)c4F)c3c2)CC1. The van der Waals surface area contributed by atoms with E-state index in [0.717, 1.165) is 36.3 Å². The number of nitrogens with zero attached hydrogens (tertiary/aromatic N) is 2. The minimum absolute atomic E-state index is 0.101. The van der Waals surface area contributed by atoms with Crippen LogP contribution in [0.15, 0.2) is 53.5 Å². The fourth-order valence-corrected chi connectivity index (χ4v) is 3.82. The molecule has 0 spiro atoms. The lowest BCUT2D eigenvalue weighted by atomic mass is 9.91. The van der Waals surface area contributed by atoms with Crippen molar-refractivity contribution < 1.29 is 13.3 Å². The summed E-state index contributed by atoms with van der Waals surface area (Å²) in [5, 5.41) is 4.66. The van der Waals surface area contributed by atoms with E-state index in [4.69, 9.17) is 10.3 Å². The van der Waals surface area contributed by atoms with E-state index in [9.17, 15) is 8.78 Å². The highest BCUT2D eigenvalue weighted by Crippen LogP contribution is 2.38. The molecule has 1 unspecified atom stereocenters. The highest BCUT2D eigenvalue weighted by Gasteiger charge is 2.21. The van der Waals surface area contributed by atoms with E-state index in [2.05, 4.69) is 21.2 Å². The lowest BCUT2D eigenvalue weighted by molar-refractivity contribution is 0.432. The number of aromatic nitrogens is 3. The maximum Gasteiger partial charge on any atom is 0.176 e. The molecule has 0 aliphatic heterocycles. The van der Waals surface area contributed by atoms with Gasteiger partial charge in [-0.2, -0.15) is 0 Å². The van der Waals surface area contributed by atoms with Gasteiger partial charge in [-0.05, 0) is 42.5 Å². The van der Waals surface area contributed by atoms with Gasteiger partial charge in [0.2, 0.25) is 0 Å². The van der Waals surface area contributed by atoms with Crippen molar-refractivity contribution in [1.82, 2.24) is 15.1 Å². The number of aromatic amines is 1. The molecule has 1 atom stereocenters. The van der Waals surface area contributed by atoms with E-state index in [-0.39, 0.29) is 11.6 Å². The Morgan fingerprint density at radius 1 is 1.14 bits per heavy atom. The highest BCUT2D eigenvalue weighted by atomic mass is 19.2. The molecule has 0 fully saturated rings. The fraction of sp³-hybridized carbons (Fsp3) is 0.182. The van der Waals surface area contributed by atoms with Gasteiger partial charge in [-0.15, -0.1) is 0 Å². The van der Waals surface area contributed by atoms with E-state index in [1.807, 2.05) is 12.3 Å². The fourth-order valence-electron chi connectivity index (χ4n) is 3.82. The summed E-state index contributed by atoms with van der Waals surface area (Å²) >= 11 is 0. The number of rotatable bonds is 3. The third kappa shape index (κ3) is 3.03. The van der Waals surface area contributed by atoms with Gasteiger partial charge in [-0.3, -0.25) is 0 Å². The van der Waals surface area contributed by atoms with Crippen LogP contribution < -0.4 is 5.73 Å². The van der Waals surface area contributed by atoms with E-state index in [1.165, 1.54) is 23.9 Å². The molecular weight excluding hydrogens is 374 g/mol. The first-order valence-electron chi connectivity index (χ1n) is 9.43. The first-order chi connectivity index (χ1) is 14.1. The Morgan fingerprint density at radius 2 is 2.03 bits per heavy atom. The number of hydrogen-bond donors (Lipinski definition) is 2. The smallest absolute Gasteiger partial charge is 0.176 e. The van der Waals surface area contributed by atoms with Gasteiger partial charge in [0.25, 0.3) is 0 Å². The largest absolute Gasteiger partial charge is 0.356 e. The molecule has 0 radical (unpaired) electrons. The van der Waals surface area contributed by atoms with Crippen LogP contribution in [0, 0.1) is 11.6 Å². The minimum atomic E-state index is -0.931. The molecule has 7 heteroatoms. The Balaban J connectivity index is 1.63. The number of benzene rings is 1. The maximum absolute atomic E-state index is 14.4. The highest BCUT2D eigenvalue weighted by molar-refractivity contribution is 5.97. The topological polar surface area (TPSA) is 80.7 Å². The summed E-state index contributed by atoms with van der Waals surface area (Å²) in [4.78, 5) is 7.63. The van der Waals surface area contributed by atoms with Crippen LogP contribution in [-0.4, -0.2) is 21.2 Å². The molecule has 29 heavy (non-hydrogen) atoms. The van der Waals surface area contributed by atoms with Gasteiger partial charge in [-0.1, -0.05) is 23.4 Å². The number of allylic oxidation sites excluding steroid dienone is 1. The van der Waals surface area contributed by atoms with Crippen molar-refractivity contribution in [2.24, 2.45) is 5.73 Å². The zero-order valence-electron chi connectivity index (χ0n) is 15.5. The third-order valence-electron chi connectivity index (χ3n) is 5.41. The van der Waals surface area contributed by atoms with Crippen LogP contribution in [0.1, 0.15) is 24.8 Å². The van der Waals surface area contributed by atoms with Gasteiger partial charge >= 0.3 is 0 Å². The molecule has 1 aliphatic carbocycles. The monoisotopic (exact) mass is 392 g/mol. The van der Waals surface area contributed by atoms with Crippen molar-refractivity contribution in [1.29, 1.82) is 0 Å². The summed E-state index contributed by atoms with van der Waals surface area (Å²) in [5.41, 5.74) is 10.1. The minimum Gasteiger partial charge on any atom is -0.356 e. The molecule has 4 aromatic rings. The average Bonchev–Trinajstić information content (AvgIpc) is 3.36. The second-order valence-electron chi connectivity index (χ2n) is 7.26. The molecule has 0 bridgehead atoms. The van der Waals surface area contributed by atoms with Crippen LogP contribution in [-0.2, 0) is 0 Å². The Morgan fingerprint density at radius 3 is 2.86 bits per heavy atom. The average molecular weight is 392 g/mol. The van der Waals surface area contributed by atoms with Gasteiger partial charge in [-0.25, -0.2) is 13.8 Å². The lowest BCUT2D eigenvalue weighted by Gasteiger charge is -2.18. The van der Waals surface area contributed by atoms with Crippen LogP contribution in [0.3, 0.4) is 0 Å². The quantitative estimate of drug-likeness (QED) is 0.511. The van der Waals surface area contributed by atoms with Crippen molar-refractivity contribution in [3.05, 3.63) is 66.1 Å². The molecule has 0 saturated heterocycles. The van der Waals surface area contributed by atoms with Gasteiger partial charge in [0.1, 0.15) is 5.65 Å². The molecule has 0 amide bonds. The first-order valence-corrected chi connectivity index (χ1v) is 9.43. The van der Waals surface area contributed by atoms with Crippen molar-refractivity contribution in [2.45, 2.75) is 25.3 Å². The number of nitrogens with one attached hydrogen (secondary N) is 1. The zero-order chi connectivity index (χ0) is 20.0. The Hall–Kier alpha value is -3.32. The molecule has 5 rings (SSSR count).